The summed E-state index contributed by atoms with van der Waals surface area (Å²) >= 11 is 0. The third-order valence-corrected chi connectivity index (χ3v) is 2.31. The summed E-state index contributed by atoms with van der Waals surface area (Å²) in [5.74, 6) is -1.55. The van der Waals surface area contributed by atoms with Gasteiger partial charge in [-0.2, -0.15) is 0 Å². The van der Waals surface area contributed by atoms with E-state index < -0.39 is 11.9 Å². The van der Waals surface area contributed by atoms with E-state index in [-0.39, 0.29) is 12.5 Å². The Hall–Kier alpha value is -1.43. The summed E-state index contributed by atoms with van der Waals surface area (Å²) in [5, 5.41) is 16.7. The minimum Gasteiger partial charge on any atom is -0.481 e. The molecule has 6 nitrogen and oxygen atoms in total. The predicted molar refractivity (Wildman–Crippen MR) is 54.5 cm³/mol. The smallest absolute Gasteiger partial charge is 0.314 e. The second-order valence-electron chi connectivity index (χ2n) is 3.76. The van der Waals surface area contributed by atoms with Gasteiger partial charge in [0.05, 0.1) is 5.69 Å². The van der Waals surface area contributed by atoms with Crippen LogP contribution in [0.3, 0.4) is 0 Å². The zero-order valence-electron chi connectivity index (χ0n) is 9.14. The van der Waals surface area contributed by atoms with Crippen LogP contribution in [0.2, 0.25) is 0 Å². The molecule has 0 aliphatic heterocycles. The second-order valence-corrected chi connectivity index (χ2v) is 3.76. The van der Waals surface area contributed by atoms with Crippen LogP contribution >= 0.6 is 0 Å². The van der Waals surface area contributed by atoms with E-state index in [0.29, 0.717) is 5.69 Å². The van der Waals surface area contributed by atoms with Crippen molar-refractivity contribution in [1.82, 2.24) is 15.0 Å². The lowest BCUT2D eigenvalue weighted by atomic mass is 9.98. The van der Waals surface area contributed by atoms with Crippen molar-refractivity contribution in [2.24, 2.45) is 12.8 Å². The molecule has 15 heavy (non-hydrogen) atoms. The molecule has 1 atom stereocenters. The molecule has 0 spiro atoms. The molecule has 0 saturated heterocycles. The van der Waals surface area contributed by atoms with Gasteiger partial charge in [0, 0.05) is 13.6 Å². The van der Waals surface area contributed by atoms with Gasteiger partial charge in [0.25, 0.3) is 0 Å². The molecule has 1 heterocycles. The number of carboxylic acid groups (broad SMARTS) is 1. The Morgan fingerprint density at radius 3 is 2.60 bits per heavy atom. The summed E-state index contributed by atoms with van der Waals surface area (Å²) in [6.07, 6.45) is 0. The molecule has 1 unspecified atom stereocenters. The number of rotatable bonds is 4. The Kier molecular flexibility index (Phi) is 3.41. The number of carboxylic acids is 1. The Balaban J connectivity index is 3.18. The van der Waals surface area contributed by atoms with Crippen molar-refractivity contribution >= 4 is 5.97 Å². The van der Waals surface area contributed by atoms with Crippen molar-refractivity contribution in [3.05, 3.63) is 11.4 Å². The molecule has 1 rings (SSSR count). The number of nitrogens with two attached hydrogens (primary N) is 1. The van der Waals surface area contributed by atoms with Crippen LogP contribution < -0.4 is 5.73 Å². The minimum absolute atomic E-state index is 0.0355. The maximum Gasteiger partial charge on any atom is 0.314 e. The summed E-state index contributed by atoms with van der Waals surface area (Å²) in [4.78, 5) is 11.0. The van der Waals surface area contributed by atoms with Crippen molar-refractivity contribution in [2.75, 3.05) is 6.54 Å². The highest BCUT2D eigenvalue weighted by molar-refractivity contribution is 5.76. The highest BCUT2D eigenvalue weighted by Gasteiger charge is 2.26. The number of aliphatic carboxylic acids is 1. The number of hydrogen-bond acceptors (Lipinski definition) is 4. The van der Waals surface area contributed by atoms with Crippen molar-refractivity contribution in [1.29, 1.82) is 0 Å². The van der Waals surface area contributed by atoms with E-state index in [4.69, 9.17) is 10.8 Å². The lowest BCUT2D eigenvalue weighted by molar-refractivity contribution is -0.138. The van der Waals surface area contributed by atoms with E-state index in [1.807, 2.05) is 13.8 Å². The summed E-state index contributed by atoms with van der Waals surface area (Å²) in [7, 11) is 1.75. The first-order chi connectivity index (χ1) is 6.99. The zero-order valence-corrected chi connectivity index (χ0v) is 9.14. The van der Waals surface area contributed by atoms with Crippen LogP contribution in [0.4, 0.5) is 0 Å². The first kappa shape index (κ1) is 11.6. The molecule has 3 N–H and O–H groups in total. The van der Waals surface area contributed by atoms with Gasteiger partial charge in [-0.15, -0.1) is 5.10 Å². The van der Waals surface area contributed by atoms with Gasteiger partial charge in [-0.05, 0) is 5.92 Å². The van der Waals surface area contributed by atoms with Crippen LogP contribution in [-0.2, 0) is 11.8 Å². The van der Waals surface area contributed by atoms with E-state index in [0.717, 1.165) is 5.69 Å². The second kappa shape index (κ2) is 4.39. The van der Waals surface area contributed by atoms with Crippen LogP contribution in [0.1, 0.15) is 37.1 Å². The van der Waals surface area contributed by atoms with E-state index >= 15 is 0 Å². The number of aryl methyl sites for hydroxylation is 1. The topological polar surface area (TPSA) is 94.0 Å². The van der Waals surface area contributed by atoms with Crippen molar-refractivity contribution in [2.45, 2.75) is 25.7 Å². The van der Waals surface area contributed by atoms with Crippen LogP contribution in [0.25, 0.3) is 0 Å². The third-order valence-electron chi connectivity index (χ3n) is 2.31. The van der Waals surface area contributed by atoms with Crippen LogP contribution in [0, 0.1) is 0 Å². The zero-order chi connectivity index (χ0) is 11.6. The molecule has 0 radical (unpaired) electrons. The van der Waals surface area contributed by atoms with Crippen LogP contribution in [-0.4, -0.2) is 32.6 Å². The monoisotopic (exact) mass is 212 g/mol. The van der Waals surface area contributed by atoms with Crippen molar-refractivity contribution < 1.29 is 9.90 Å². The Labute approximate surface area is 88.1 Å². The standard InChI is InChI=1S/C9H16N4O2/c1-5(2)8-7(11-12-13(8)3)6(4-10)9(14)15/h5-6H,4,10H2,1-3H3,(H,14,15). The van der Waals surface area contributed by atoms with Gasteiger partial charge in [0.15, 0.2) is 0 Å². The minimum atomic E-state index is -0.958. The van der Waals surface area contributed by atoms with E-state index in [1.54, 1.807) is 11.7 Å². The maximum absolute atomic E-state index is 11.0. The average Bonchev–Trinajstić information content (AvgIpc) is 2.48. The first-order valence-electron chi connectivity index (χ1n) is 4.81. The molecule has 1 aromatic heterocycles. The van der Waals surface area contributed by atoms with Crippen LogP contribution in [0.5, 0.6) is 0 Å². The molecule has 0 saturated carbocycles. The van der Waals surface area contributed by atoms with Crippen molar-refractivity contribution in [3.8, 4) is 0 Å². The normalized spacial score (nSPS) is 13.1. The molecule has 0 aliphatic carbocycles. The Morgan fingerprint density at radius 1 is 1.60 bits per heavy atom. The summed E-state index contributed by atoms with van der Waals surface area (Å²) < 4.78 is 1.60. The molecule has 1 aromatic rings. The molecule has 0 bridgehead atoms. The van der Waals surface area contributed by atoms with Gasteiger partial charge >= 0.3 is 5.97 Å². The van der Waals surface area contributed by atoms with Gasteiger partial charge in [0.1, 0.15) is 11.6 Å². The number of aromatic nitrogens is 3. The van der Waals surface area contributed by atoms with Gasteiger partial charge in [-0.25, -0.2) is 0 Å². The lowest BCUT2D eigenvalue weighted by Gasteiger charge is -2.11. The quantitative estimate of drug-likeness (QED) is 0.736. The third kappa shape index (κ3) is 2.15. The first-order valence-corrected chi connectivity index (χ1v) is 4.81. The van der Waals surface area contributed by atoms with Crippen LogP contribution in [0.15, 0.2) is 0 Å². The molecule has 0 aromatic carbocycles. The predicted octanol–water partition coefficient (Wildman–Crippen LogP) is 0.0654. The fourth-order valence-electron chi connectivity index (χ4n) is 1.63. The Morgan fingerprint density at radius 2 is 2.20 bits per heavy atom. The van der Waals surface area contributed by atoms with Crippen molar-refractivity contribution in [3.63, 3.8) is 0 Å². The number of nitrogens with zero attached hydrogens (tertiary/aromatic N) is 3. The number of carbonyl (C=O) groups is 1. The molecular weight excluding hydrogens is 196 g/mol. The van der Waals surface area contributed by atoms with Gasteiger partial charge in [-0.3, -0.25) is 9.48 Å². The Bertz CT molecular complexity index is 359. The average molecular weight is 212 g/mol. The SMILES string of the molecule is CC(C)c1c(C(CN)C(=O)O)nnn1C. The summed E-state index contributed by atoms with van der Waals surface area (Å²) in [5.41, 5.74) is 6.73. The van der Waals surface area contributed by atoms with E-state index in [2.05, 4.69) is 10.3 Å². The molecule has 0 aliphatic rings. The van der Waals surface area contributed by atoms with Gasteiger partial charge < -0.3 is 10.8 Å². The summed E-state index contributed by atoms with van der Waals surface area (Å²) in [6, 6.07) is 0. The fourth-order valence-corrected chi connectivity index (χ4v) is 1.63. The molecular formula is C9H16N4O2. The maximum atomic E-state index is 11.0. The highest BCUT2D eigenvalue weighted by atomic mass is 16.4. The van der Waals surface area contributed by atoms with E-state index in [1.165, 1.54) is 0 Å². The fraction of sp³-hybridized carbons (Fsp3) is 0.667. The van der Waals surface area contributed by atoms with E-state index in [9.17, 15) is 4.79 Å². The largest absolute Gasteiger partial charge is 0.481 e. The summed E-state index contributed by atoms with van der Waals surface area (Å²) in [6.45, 7) is 3.98. The molecule has 6 heteroatoms. The highest BCUT2D eigenvalue weighted by Crippen LogP contribution is 2.23. The van der Waals surface area contributed by atoms with Gasteiger partial charge in [0.2, 0.25) is 0 Å². The molecule has 84 valence electrons. The molecule has 0 fully saturated rings. The number of hydrogen-bond donors (Lipinski definition) is 2. The molecule has 0 amide bonds. The van der Waals surface area contributed by atoms with Gasteiger partial charge in [-0.1, -0.05) is 19.1 Å². The lowest BCUT2D eigenvalue weighted by Crippen LogP contribution is -2.23.